The third kappa shape index (κ3) is 6.53. The normalized spacial score (nSPS) is 14.6. The summed E-state index contributed by atoms with van der Waals surface area (Å²) in [4.78, 5) is 27.8. The highest BCUT2D eigenvalue weighted by molar-refractivity contribution is 5.91. The average molecular weight is 344 g/mol. The third-order valence-electron chi connectivity index (χ3n) is 4.14. The van der Waals surface area contributed by atoms with E-state index in [4.69, 9.17) is 10.00 Å². The predicted molar refractivity (Wildman–Crippen MR) is 93.9 cm³/mol. The number of benzene rings is 1. The van der Waals surface area contributed by atoms with Crippen LogP contribution in [0.5, 0.6) is 0 Å². The van der Waals surface area contributed by atoms with E-state index in [1.165, 1.54) is 6.92 Å². The zero-order valence-corrected chi connectivity index (χ0v) is 14.5. The van der Waals surface area contributed by atoms with E-state index < -0.39 is 0 Å². The summed E-state index contributed by atoms with van der Waals surface area (Å²) < 4.78 is 5.31. The average Bonchev–Trinajstić information content (AvgIpc) is 2.63. The molecule has 0 spiro atoms. The minimum Gasteiger partial charge on any atom is -0.379 e. The number of carbonyl (C=O) groups is 2. The first kappa shape index (κ1) is 18.9. The van der Waals surface area contributed by atoms with Crippen LogP contribution in [-0.2, 0) is 14.3 Å². The van der Waals surface area contributed by atoms with Crippen LogP contribution < -0.4 is 5.32 Å². The SMILES string of the molecule is CC(=O)N(CCC(=O)Nc1ccc(C#N)cc1)CCN1CCOCC1. The second-order valence-electron chi connectivity index (χ2n) is 5.95. The van der Waals surface area contributed by atoms with E-state index in [1.54, 1.807) is 29.2 Å². The van der Waals surface area contributed by atoms with Crippen LogP contribution in [0, 0.1) is 11.3 Å². The van der Waals surface area contributed by atoms with E-state index in [0.717, 1.165) is 32.8 Å². The van der Waals surface area contributed by atoms with Gasteiger partial charge in [0.05, 0.1) is 24.8 Å². The van der Waals surface area contributed by atoms with Crippen molar-refractivity contribution in [2.75, 3.05) is 51.3 Å². The molecule has 7 nitrogen and oxygen atoms in total. The van der Waals surface area contributed by atoms with Gasteiger partial charge in [0, 0.05) is 51.8 Å². The van der Waals surface area contributed by atoms with Crippen LogP contribution in [0.2, 0.25) is 0 Å². The molecule has 134 valence electrons. The van der Waals surface area contributed by atoms with Gasteiger partial charge < -0.3 is 15.0 Å². The summed E-state index contributed by atoms with van der Waals surface area (Å²) in [6.07, 6.45) is 0.239. The molecule has 1 fully saturated rings. The Morgan fingerprint density at radius 1 is 1.24 bits per heavy atom. The van der Waals surface area contributed by atoms with Crippen molar-refractivity contribution in [3.05, 3.63) is 29.8 Å². The number of ether oxygens (including phenoxy) is 1. The zero-order chi connectivity index (χ0) is 18.1. The van der Waals surface area contributed by atoms with Gasteiger partial charge in [0.25, 0.3) is 0 Å². The number of carbonyl (C=O) groups excluding carboxylic acids is 2. The molecule has 1 aromatic carbocycles. The first-order valence-electron chi connectivity index (χ1n) is 8.44. The number of nitrogens with zero attached hydrogens (tertiary/aromatic N) is 3. The van der Waals surface area contributed by atoms with Crippen LogP contribution in [0.15, 0.2) is 24.3 Å². The van der Waals surface area contributed by atoms with Gasteiger partial charge >= 0.3 is 0 Å². The molecule has 2 amide bonds. The van der Waals surface area contributed by atoms with Gasteiger partial charge in [-0.1, -0.05) is 0 Å². The highest BCUT2D eigenvalue weighted by Gasteiger charge is 2.15. The fourth-order valence-corrected chi connectivity index (χ4v) is 2.60. The van der Waals surface area contributed by atoms with Crippen molar-refractivity contribution >= 4 is 17.5 Å². The molecule has 0 unspecified atom stereocenters. The van der Waals surface area contributed by atoms with Crippen LogP contribution in [0.3, 0.4) is 0 Å². The number of hydrogen-bond acceptors (Lipinski definition) is 5. The van der Waals surface area contributed by atoms with Crippen molar-refractivity contribution in [3.8, 4) is 6.07 Å². The first-order valence-corrected chi connectivity index (χ1v) is 8.44. The van der Waals surface area contributed by atoms with E-state index in [0.29, 0.717) is 24.3 Å². The number of amides is 2. The Kier molecular flexibility index (Phi) is 7.38. The fourth-order valence-electron chi connectivity index (χ4n) is 2.60. The van der Waals surface area contributed by atoms with Gasteiger partial charge in [-0.05, 0) is 24.3 Å². The Morgan fingerprint density at radius 3 is 2.52 bits per heavy atom. The smallest absolute Gasteiger partial charge is 0.226 e. The lowest BCUT2D eigenvalue weighted by Gasteiger charge is -2.29. The van der Waals surface area contributed by atoms with Crippen molar-refractivity contribution in [2.45, 2.75) is 13.3 Å². The molecule has 0 radical (unpaired) electrons. The summed E-state index contributed by atoms with van der Waals surface area (Å²) in [5.41, 5.74) is 1.19. The Labute approximate surface area is 148 Å². The number of nitrogens with one attached hydrogen (secondary N) is 1. The lowest BCUT2D eigenvalue weighted by Crippen LogP contribution is -2.43. The number of rotatable bonds is 7. The van der Waals surface area contributed by atoms with Crippen LogP contribution >= 0.6 is 0 Å². The molecule has 1 aromatic rings. The van der Waals surface area contributed by atoms with Gasteiger partial charge in [0.2, 0.25) is 11.8 Å². The lowest BCUT2D eigenvalue weighted by atomic mass is 10.2. The molecule has 0 atom stereocenters. The summed E-state index contributed by atoms with van der Waals surface area (Å²) in [5.74, 6) is -0.179. The highest BCUT2D eigenvalue weighted by atomic mass is 16.5. The van der Waals surface area contributed by atoms with E-state index in [1.807, 2.05) is 6.07 Å². The topological polar surface area (TPSA) is 85.7 Å². The standard InChI is InChI=1S/C18H24N4O3/c1-15(23)22(9-8-21-10-12-25-13-11-21)7-6-18(24)20-17-4-2-16(14-19)3-5-17/h2-5H,6-13H2,1H3,(H,20,24). The molecule has 7 heteroatoms. The summed E-state index contributed by atoms with van der Waals surface area (Å²) in [6, 6.07) is 8.72. The third-order valence-corrected chi connectivity index (χ3v) is 4.14. The Hall–Kier alpha value is -2.43. The molecule has 25 heavy (non-hydrogen) atoms. The first-order chi connectivity index (χ1) is 12.1. The van der Waals surface area contributed by atoms with Crippen molar-refractivity contribution in [1.29, 1.82) is 5.26 Å². The molecule has 0 saturated carbocycles. The molecule has 1 N–H and O–H groups in total. The Balaban J connectivity index is 1.75. The van der Waals surface area contributed by atoms with Crippen LogP contribution in [0.25, 0.3) is 0 Å². The van der Waals surface area contributed by atoms with Crippen LogP contribution in [0.1, 0.15) is 18.9 Å². The summed E-state index contributed by atoms with van der Waals surface area (Å²) >= 11 is 0. The number of morpholine rings is 1. The van der Waals surface area contributed by atoms with Crippen molar-refractivity contribution in [1.82, 2.24) is 9.80 Å². The predicted octanol–water partition coefficient (Wildman–Crippen LogP) is 1.07. The van der Waals surface area contributed by atoms with Gasteiger partial charge in [-0.2, -0.15) is 5.26 Å². The molecular formula is C18H24N4O3. The Bertz CT molecular complexity index is 618. The van der Waals surface area contributed by atoms with Gasteiger partial charge in [0.15, 0.2) is 0 Å². The van der Waals surface area contributed by atoms with Gasteiger partial charge in [-0.25, -0.2) is 0 Å². The molecule has 0 aromatic heterocycles. The van der Waals surface area contributed by atoms with E-state index in [-0.39, 0.29) is 18.2 Å². The zero-order valence-electron chi connectivity index (χ0n) is 14.5. The summed E-state index contributed by atoms with van der Waals surface area (Å²) in [6.45, 7) is 6.54. The van der Waals surface area contributed by atoms with Crippen molar-refractivity contribution in [3.63, 3.8) is 0 Å². The summed E-state index contributed by atoms with van der Waals surface area (Å²) in [5, 5.41) is 11.5. The fraction of sp³-hybridized carbons (Fsp3) is 0.500. The lowest BCUT2D eigenvalue weighted by molar-refractivity contribution is -0.129. The second kappa shape index (κ2) is 9.77. The van der Waals surface area contributed by atoms with Crippen molar-refractivity contribution < 1.29 is 14.3 Å². The van der Waals surface area contributed by atoms with Crippen molar-refractivity contribution in [2.24, 2.45) is 0 Å². The quantitative estimate of drug-likeness (QED) is 0.800. The van der Waals surface area contributed by atoms with E-state index in [2.05, 4.69) is 10.2 Å². The molecule has 0 bridgehead atoms. The molecule has 1 saturated heterocycles. The molecule has 1 heterocycles. The van der Waals surface area contributed by atoms with Crippen LogP contribution in [0.4, 0.5) is 5.69 Å². The van der Waals surface area contributed by atoms with Crippen LogP contribution in [-0.4, -0.2) is 67.6 Å². The minimum atomic E-state index is -0.151. The number of nitriles is 1. The van der Waals surface area contributed by atoms with E-state index >= 15 is 0 Å². The molecule has 1 aliphatic heterocycles. The maximum Gasteiger partial charge on any atom is 0.226 e. The van der Waals surface area contributed by atoms with Gasteiger partial charge in [-0.15, -0.1) is 0 Å². The highest BCUT2D eigenvalue weighted by Crippen LogP contribution is 2.09. The molecular weight excluding hydrogens is 320 g/mol. The van der Waals surface area contributed by atoms with E-state index in [9.17, 15) is 9.59 Å². The van der Waals surface area contributed by atoms with Gasteiger partial charge in [0.1, 0.15) is 0 Å². The minimum absolute atomic E-state index is 0.0283. The number of anilines is 1. The number of hydrogen-bond donors (Lipinski definition) is 1. The maximum atomic E-state index is 12.1. The molecule has 0 aliphatic carbocycles. The summed E-state index contributed by atoms with van der Waals surface area (Å²) in [7, 11) is 0. The largest absolute Gasteiger partial charge is 0.379 e. The maximum absolute atomic E-state index is 12.1. The second-order valence-corrected chi connectivity index (χ2v) is 5.95. The molecule has 1 aliphatic rings. The van der Waals surface area contributed by atoms with Gasteiger partial charge in [-0.3, -0.25) is 14.5 Å². The monoisotopic (exact) mass is 344 g/mol. The Morgan fingerprint density at radius 2 is 1.92 bits per heavy atom. The molecule has 2 rings (SSSR count).